The van der Waals surface area contributed by atoms with Crippen LogP contribution in [0, 0.1) is 34.6 Å². The van der Waals surface area contributed by atoms with Gasteiger partial charge in [-0.25, -0.2) is 9.97 Å². The predicted molar refractivity (Wildman–Crippen MR) is 337 cm³/mol. The van der Waals surface area contributed by atoms with Crippen LogP contribution in [0.25, 0.3) is 33.1 Å². The molecule has 11 aromatic rings. The van der Waals surface area contributed by atoms with E-state index in [0.29, 0.717) is 27.1 Å². The van der Waals surface area contributed by atoms with Gasteiger partial charge in [-0.15, -0.1) is 0 Å². The molecule has 0 aliphatic heterocycles. The summed E-state index contributed by atoms with van der Waals surface area (Å²) < 4.78 is 17.5. The molecule has 0 N–H and O–H groups in total. The second kappa shape index (κ2) is 18.6. The van der Waals surface area contributed by atoms with Crippen LogP contribution in [0.5, 0.6) is 5.75 Å². The highest BCUT2D eigenvalue weighted by atomic mass is 16.5. The maximum Gasteiger partial charge on any atom is 0.201 e. The molecule has 0 spiro atoms. The Hall–Kier alpha value is -8.23. The summed E-state index contributed by atoms with van der Waals surface area (Å²) in [6.07, 6.45) is 22.8. The van der Waals surface area contributed by atoms with E-state index in [4.69, 9.17) is 23.5 Å². The molecule has 0 saturated heterocycles. The molecule has 12 aliphatic carbocycles. The molecular weight excluding hydrogens is 1040 g/mol. The number of hydrogen-bond donors (Lipinski definition) is 0. The maximum absolute atomic E-state index is 6.12. The number of methoxy groups -OCH3 is 1. The molecule has 12 fully saturated rings. The number of para-hydroxylation sites is 1. The molecule has 0 unspecified atom stereocenters. The Labute approximate surface area is 498 Å². The summed E-state index contributed by atoms with van der Waals surface area (Å²) in [5.74, 6) is 2.79. The standard InChI is InChI=1S/C22H18N2O.C20H19NO2.C18H19N.C17H17N/c1-14-6-7-18-19(8-14)25-20(24-18)22-11-21(12-22,13-22)16-9-15-4-2-3-5-17(15)23-10-16;1-13-3-8-16-17(9-13)23-18(21-16)20-10-19(11-20,12-20)14-4-6-15(22-2)7-5-14;1-13-3-6-15(7-4-13)17-10-18(11-17,12-17)16-8-5-14(2)19-9-16;1-13-4-6-14(7-5-13)16-10-17(11-16,12-16)15-3-2-8-18-9-15/h2-10H,11-13H2,1H3;3-9H,10-12H2,1-2H3;3-9H,10-12H2,1-2H3;2-9H,10-12H2,1H3. The minimum atomic E-state index is 0.151. The normalized spacial score (nSPS) is 29.6. The molecule has 8 heteroatoms. The van der Waals surface area contributed by atoms with Crippen LogP contribution in [-0.4, -0.2) is 32.0 Å². The van der Waals surface area contributed by atoms with Gasteiger partial charge in [0.05, 0.1) is 12.6 Å². The second-order valence-electron chi connectivity index (χ2n) is 28.2. The Kier molecular flexibility index (Phi) is 11.5. The van der Waals surface area contributed by atoms with Crippen molar-refractivity contribution in [1.82, 2.24) is 24.9 Å². The quantitative estimate of drug-likeness (QED) is 0.141. The van der Waals surface area contributed by atoms with Gasteiger partial charge in [-0.1, -0.05) is 114 Å². The van der Waals surface area contributed by atoms with E-state index in [1.54, 1.807) is 18.2 Å². The van der Waals surface area contributed by atoms with Crippen LogP contribution in [0.15, 0.2) is 197 Å². The number of nitrogens with zero attached hydrogens (tertiary/aromatic N) is 5. The van der Waals surface area contributed by atoms with Crippen molar-refractivity contribution in [2.45, 2.75) is 155 Å². The average molecular weight is 1120 g/mol. The largest absolute Gasteiger partial charge is 0.497 e. The Balaban J connectivity index is 0.0000000931. The topological polar surface area (TPSA) is 100.0 Å². The number of aromatic nitrogens is 5. The molecule has 424 valence electrons. The van der Waals surface area contributed by atoms with Gasteiger partial charge in [0.2, 0.25) is 11.8 Å². The molecule has 0 radical (unpaired) electrons. The third kappa shape index (κ3) is 8.23. The van der Waals surface area contributed by atoms with Crippen LogP contribution in [0.1, 0.15) is 150 Å². The van der Waals surface area contributed by atoms with Crippen LogP contribution in [-0.2, 0) is 43.3 Å². The van der Waals surface area contributed by atoms with E-state index in [2.05, 4.69) is 226 Å². The fraction of sp³-hybridized carbons (Fsp3) is 0.338. The van der Waals surface area contributed by atoms with E-state index < -0.39 is 0 Å². The van der Waals surface area contributed by atoms with Gasteiger partial charge >= 0.3 is 0 Å². The molecule has 5 aromatic heterocycles. The first-order valence-electron chi connectivity index (χ1n) is 30.9. The molecule has 8 nitrogen and oxygen atoms in total. The number of benzene rings is 6. The summed E-state index contributed by atoms with van der Waals surface area (Å²) in [6.45, 7) is 10.5. The summed E-state index contributed by atoms with van der Waals surface area (Å²) in [5, 5.41) is 1.23. The first-order valence-corrected chi connectivity index (χ1v) is 30.9. The van der Waals surface area contributed by atoms with Gasteiger partial charge in [-0.2, -0.15) is 0 Å². The Bertz CT molecular complexity index is 4250. The van der Waals surface area contributed by atoms with E-state index in [1.165, 1.54) is 88.4 Å². The highest BCUT2D eigenvalue weighted by molar-refractivity contribution is 5.80. The number of aryl methyl sites for hydroxylation is 5. The highest BCUT2D eigenvalue weighted by Gasteiger charge is 2.73. The number of fused-ring (bicyclic) bond motifs is 3. The Morgan fingerprint density at radius 3 is 1.25 bits per heavy atom. The summed E-state index contributed by atoms with van der Waals surface area (Å²) >= 11 is 0. The first-order chi connectivity index (χ1) is 41.1. The van der Waals surface area contributed by atoms with Crippen LogP contribution in [0.4, 0.5) is 0 Å². The van der Waals surface area contributed by atoms with Crippen LogP contribution >= 0.6 is 0 Å². The number of pyridine rings is 3. The molecule has 85 heavy (non-hydrogen) atoms. The van der Waals surface area contributed by atoms with Crippen molar-refractivity contribution in [1.29, 1.82) is 0 Å². The Morgan fingerprint density at radius 1 is 0.353 bits per heavy atom. The lowest BCUT2D eigenvalue weighted by Crippen LogP contribution is -2.67. The smallest absolute Gasteiger partial charge is 0.201 e. The van der Waals surface area contributed by atoms with Crippen molar-refractivity contribution in [2.75, 3.05) is 7.11 Å². The molecule has 12 aliphatic rings. The zero-order valence-electron chi connectivity index (χ0n) is 49.8. The predicted octanol–water partition coefficient (Wildman–Crippen LogP) is 17.4. The van der Waals surface area contributed by atoms with Crippen molar-refractivity contribution < 1.29 is 13.6 Å². The third-order valence-corrected chi connectivity index (χ3v) is 22.1. The number of hydrogen-bond acceptors (Lipinski definition) is 8. The zero-order valence-corrected chi connectivity index (χ0v) is 49.8. The molecule has 23 rings (SSSR count). The van der Waals surface area contributed by atoms with Crippen molar-refractivity contribution >= 4 is 33.1 Å². The number of rotatable bonds is 9. The minimum absolute atomic E-state index is 0.151. The van der Waals surface area contributed by atoms with Gasteiger partial charge < -0.3 is 13.6 Å². The van der Waals surface area contributed by atoms with Gasteiger partial charge in [0.1, 0.15) is 16.8 Å². The van der Waals surface area contributed by atoms with Gasteiger partial charge in [-0.05, 0) is 249 Å². The van der Waals surface area contributed by atoms with E-state index in [9.17, 15) is 0 Å². The van der Waals surface area contributed by atoms with Gasteiger partial charge in [-0.3, -0.25) is 15.0 Å². The summed E-state index contributed by atoms with van der Waals surface area (Å²) in [7, 11) is 1.71. The van der Waals surface area contributed by atoms with Crippen LogP contribution in [0.2, 0.25) is 0 Å². The SMILES string of the molecule is COc1ccc(C23CC(c4nc5ccc(C)cc5o4)(C2)C3)cc1.Cc1ccc(C23CC(c4ccc(C)nc4)(C2)C3)cc1.Cc1ccc(C23CC(c4cccnc4)(C2)C3)cc1.Cc1ccc2nc(C34CC(c5cnc6ccccc6c5)(C3)C4)oc2c1. The number of ether oxygens (including phenoxy) is 1. The average Bonchev–Trinajstić information content (AvgIpc) is 1.36. The van der Waals surface area contributed by atoms with Gasteiger partial charge in [0, 0.05) is 46.7 Å². The monoisotopic (exact) mass is 1120 g/mol. The zero-order chi connectivity index (χ0) is 57.6. The summed E-state index contributed by atoms with van der Waals surface area (Å²) in [6, 6.07) is 58.7. The first kappa shape index (κ1) is 52.3. The van der Waals surface area contributed by atoms with Crippen molar-refractivity contribution in [3.8, 4) is 5.75 Å². The molecule has 0 atom stereocenters. The number of oxazole rings is 2. The van der Waals surface area contributed by atoms with E-state index in [0.717, 1.165) is 89.5 Å². The molecule has 12 saturated carbocycles. The second-order valence-corrected chi connectivity index (χ2v) is 28.2. The summed E-state index contributed by atoms with van der Waals surface area (Å²) in [5.41, 5.74) is 22.7. The van der Waals surface area contributed by atoms with E-state index >= 15 is 0 Å². The van der Waals surface area contributed by atoms with Crippen molar-refractivity contribution in [3.05, 3.63) is 262 Å². The fourth-order valence-electron chi connectivity index (χ4n) is 17.5. The Morgan fingerprint density at radius 2 is 0.776 bits per heavy atom. The van der Waals surface area contributed by atoms with E-state index in [-0.39, 0.29) is 16.2 Å². The van der Waals surface area contributed by atoms with E-state index in [1.807, 2.05) is 12.3 Å². The molecule has 6 aromatic carbocycles. The third-order valence-electron chi connectivity index (χ3n) is 22.1. The molecule has 0 amide bonds. The van der Waals surface area contributed by atoms with Crippen molar-refractivity contribution in [2.24, 2.45) is 0 Å². The lowest BCUT2D eigenvalue weighted by atomic mass is 9.32. The summed E-state index contributed by atoms with van der Waals surface area (Å²) in [4.78, 5) is 22.9. The lowest BCUT2D eigenvalue weighted by molar-refractivity contribution is -0.0858. The van der Waals surface area contributed by atoms with Gasteiger partial charge in [0.15, 0.2) is 11.2 Å². The van der Waals surface area contributed by atoms with Crippen LogP contribution in [0.3, 0.4) is 0 Å². The molecule has 5 heterocycles. The lowest BCUT2D eigenvalue weighted by Gasteiger charge is -2.71. The highest BCUT2D eigenvalue weighted by Crippen LogP contribution is 2.76. The fourth-order valence-corrected chi connectivity index (χ4v) is 17.5. The van der Waals surface area contributed by atoms with Crippen molar-refractivity contribution in [3.63, 3.8) is 0 Å². The van der Waals surface area contributed by atoms with Crippen LogP contribution < -0.4 is 4.74 Å². The molecular formula is C77H73N5O3. The van der Waals surface area contributed by atoms with Gasteiger partial charge in [0.25, 0.3) is 0 Å². The maximum atomic E-state index is 6.12. The molecule has 8 bridgehead atoms. The minimum Gasteiger partial charge on any atom is -0.497 e.